The molecule has 0 saturated carbocycles. The fourth-order valence-electron chi connectivity index (χ4n) is 13.1. The third-order valence-corrected chi connectivity index (χ3v) is 16.5. The highest BCUT2D eigenvalue weighted by atomic mass is 15.0. The SMILES string of the molecule is Cc1c(C)n(-c2c3ccccc3c(-c3cccc4ccccc34)c3ccccc23)c2c1ccc1c3ccc4c(C)c(C)n(-c5c6ccccc6c(-c6cccc7ccccc67)c6ccccc56)c4c3ccc12. The van der Waals surface area contributed by atoms with E-state index in [0.29, 0.717) is 0 Å². The minimum absolute atomic E-state index is 1.23. The van der Waals surface area contributed by atoms with Gasteiger partial charge in [-0.3, -0.25) is 0 Å². The number of rotatable bonds is 4. The predicted octanol–water partition coefficient (Wildman–Crippen LogP) is 19.4. The topological polar surface area (TPSA) is 9.86 Å². The van der Waals surface area contributed by atoms with Crippen LogP contribution in [0.3, 0.4) is 0 Å². The van der Waals surface area contributed by atoms with E-state index < -0.39 is 0 Å². The first-order valence-electron chi connectivity index (χ1n) is 25.3. The molecule has 0 saturated heterocycles. The molecule has 15 aromatic rings. The van der Waals surface area contributed by atoms with Gasteiger partial charge in [0.15, 0.2) is 0 Å². The summed E-state index contributed by atoms with van der Waals surface area (Å²) in [4.78, 5) is 0. The predicted molar refractivity (Wildman–Crippen MR) is 310 cm³/mol. The Morgan fingerprint density at radius 1 is 0.222 bits per heavy atom. The van der Waals surface area contributed by atoms with Crippen molar-refractivity contribution in [1.29, 1.82) is 0 Å². The molecule has 0 aliphatic rings. The molecule has 0 bridgehead atoms. The van der Waals surface area contributed by atoms with Crippen LogP contribution in [0.1, 0.15) is 22.5 Å². The van der Waals surface area contributed by atoms with Gasteiger partial charge in [0.1, 0.15) is 0 Å². The lowest BCUT2D eigenvalue weighted by atomic mass is 9.88. The molecular formula is C70H48N2. The molecule has 0 N–H and O–H groups in total. The van der Waals surface area contributed by atoms with E-state index in [1.807, 2.05) is 0 Å². The maximum Gasteiger partial charge on any atom is 0.0616 e. The average molecular weight is 917 g/mol. The Hall–Kier alpha value is -8.98. The number of nitrogens with zero attached hydrogens (tertiary/aromatic N) is 2. The maximum atomic E-state index is 2.60. The average Bonchev–Trinajstić information content (AvgIpc) is 3.84. The molecule has 0 atom stereocenters. The number of benzene rings is 13. The molecule has 0 unspecified atom stereocenters. The summed E-state index contributed by atoms with van der Waals surface area (Å²) in [5, 5.41) is 22.6. The van der Waals surface area contributed by atoms with E-state index in [1.165, 1.54) is 164 Å². The largest absolute Gasteiger partial charge is 0.312 e. The van der Waals surface area contributed by atoms with Crippen molar-refractivity contribution in [2.45, 2.75) is 27.7 Å². The first kappa shape index (κ1) is 40.9. The van der Waals surface area contributed by atoms with Gasteiger partial charge in [0.05, 0.1) is 22.4 Å². The van der Waals surface area contributed by atoms with Gasteiger partial charge in [0.2, 0.25) is 0 Å². The van der Waals surface area contributed by atoms with E-state index in [0.717, 1.165) is 0 Å². The molecule has 15 rings (SSSR count). The summed E-state index contributed by atoms with van der Waals surface area (Å²) < 4.78 is 5.20. The Bertz CT molecular complexity index is 4410. The first-order valence-corrected chi connectivity index (χ1v) is 25.3. The van der Waals surface area contributed by atoms with Crippen LogP contribution in [-0.2, 0) is 0 Å². The van der Waals surface area contributed by atoms with Crippen LogP contribution in [0, 0.1) is 27.7 Å². The lowest BCUT2D eigenvalue weighted by molar-refractivity contribution is 1.06. The molecule has 0 radical (unpaired) electrons. The summed E-state index contributed by atoms with van der Waals surface area (Å²) in [6, 6.07) is 81.8. The maximum absolute atomic E-state index is 2.60. The van der Waals surface area contributed by atoms with Crippen LogP contribution >= 0.6 is 0 Å². The summed E-state index contributed by atoms with van der Waals surface area (Å²) in [6.07, 6.45) is 0. The van der Waals surface area contributed by atoms with Crippen molar-refractivity contribution in [2.24, 2.45) is 0 Å². The van der Waals surface area contributed by atoms with Crippen molar-refractivity contribution >= 4 is 108 Å². The summed E-state index contributed by atoms with van der Waals surface area (Å²) in [5.41, 5.74) is 15.2. The van der Waals surface area contributed by atoms with E-state index in [1.54, 1.807) is 0 Å². The number of hydrogen-bond acceptors (Lipinski definition) is 0. The Kier molecular flexibility index (Phi) is 8.66. The normalized spacial score (nSPS) is 12.2. The van der Waals surface area contributed by atoms with Gasteiger partial charge in [-0.1, -0.05) is 218 Å². The second-order valence-electron chi connectivity index (χ2n) is 20.0. The van der Waals surface area contributed by atoms with Crippen LogP contribution in [0.2, 0.25) is 0 Å². The van der Waals surface area contributed by atoms with Crippen molar-refractivity contribution in [1.82, 2.24) is 9.13 Å². The highest BCUT2D eigenvalue weighted by Gasteiger charge is 2.26. The summed E-state index contributed by atoms with van der Waals surface area (Å²) in [5.74, 6) is 0. The molecule has 0 aliphatic carbocycles. The molecule has 0 amide bonds. The van der Waals surface area contributed by atoms with E-state index in [2.05, 4.69) is 255 Å². The fraction of sp³-hybridized carbons (Fsp3) is 0.0571. The third-order valence-electron chi connectivity index (χ3n) is 16.5. The van der Waals surface area contributed by atoms with Crippen LogP contribution in [0.25, 0.3) is 142 Å². The number of aryl methyl sites for hydroxylation is 2. The van der Waals surface area contributed by atoms with Gasteiger partial charge in [-0.2, -0.15) is 0 Å². The second-order valence-corrected chi connectivity index (χ2v) is 20.0. The molecular weight excluding hydrogens is 869 g/mol. The summed E-state index contributed by atoms with van der Waals surface area (Å²) in [6.45, 7) is 9.23. The van der Waals surface area contributed by atoms with Crippen LogP contribution in [-0.4, -0.2) is 9.13 Å². The zero-order chi connectivity index (χ0) is 47.9. The van der Waals surface area contributed by atoms with Crippen molar-refractivity contribution in [3.05, 3.63) is 241 Å². The van der Waals surface area contributed by atoms with Crippen LogP contribution in [0.5, 0.6) is 0 Å². The third kappa shape index (κ3) is 5.49. The standard InChI is InChI=1S/C70H48N2/c1-41-43(3)71(69-59-29-13-9-25-55(59)65(56-26-10-14-30-60(56)69)53-33-17-21-45-19-5-7-23-49(45)53)67-47(41)35-37-51-52-38-36-48-42(2)44(4)72(68(48)64(52)40-39-63(51)67)70-61-31-15-11-27-57(61)66(58-28-12-16-32-62(58)70)54-34-18-22-46-20-6-8-24-50(46)54/h5-40H,1-4H3. The van der Waals surface area contributed by atoms with Gasteiger partial charge < -0.3 is 9.13 Å². The van der Waals surface area contributed by atoms with Gasteiger partial charge in [0.25, 0.3) is 0 Å². The molecule has 0 aliphatic heterocycles. The van der Waals surface area contributed by atoms with Gasteiger partial charge in [-0.25, -0.2) is 0 Å². The molecule has 2 heteroatoms. The molecule has 72 heavy (non-hydrogen) atoms. The monoisotopic (exact) mass is 916 g/mol. The number of aromatic nitrogens is 2. The van der Waals surface area contributed by atoms with Crippen molar-refractivity contribution < 1.29 is 0 Å². The van der Waals surface area contributed by atoms with Crippen molar-refractivity contribution in [2.75, 3.05) is 0 Å². The highest BCUT2D eigenvalue weighted by Crippen LogP contribution is 2.49. The molecule has 0 fully saturated rings. The highest BCUT2D eigenvalue weighted by molar-refractivity contribution is 6.27. The quantitative estimate of drug-likeness (QED) is 0.123. The Labute approximate surface area is 417 Å². The minimum atomic E-state index is 1.23. The van der Waals surface area contributed by atoms with Gasteiger partial charge in [-0.15, -0.1) is 0 Å². The molecule has 2 heterocycles. The zero-order valence-corrected chi connectivity index (χ0v) is 40.7. The van der Waals surface area contributed by atoms with Crippen molar-refractivity contribution in [3.8, 4) is 33.6 Å². The second kappa shape index (κ2) is 15.3. The van der Waals surface area contributed by atoms with Crippen LogP contribution in [0.15, 0.2) is 218 Å². The van der Waals surface area contributed by atoms with Gasteiger partial charge in [-0.05, 0) is 115 Å². The van der Waals surface area contributed by atoms with Gasteiger partial charge >= 0.3 is 0 Å². The molecule has 13 aromatic carbocycles. The van der Waals surface area contributed by atoms with E-state index in [9.17, 15) is 0 Å². The minimum Gasteiger partial charge on any atom is -0.312 e. The first-order chi connectivity index (χ1) is 35.5. The summed E-state index contributed by atoms with van der Waals surface area (Å²) in [7, 11) is 0. The lowest BCUT2D eigenvalue weighted by Gasteiger charge is -2.21. The van der Waals surface area contributed by atoms with Crippen LogP contribution < -0.4 is 0 Å². The lowest BCUT2D eigenvalue weighted by Crippen LogP contribution is -2.02. The zero-order valence-electron chi connectivity index (χ0n) is 40.7. The molecule has 2 nitrogen and oxygen atoms in total. The summed E-state index contributed by atoms with van der Waals surface area (Å²) >= 11 is 0. The van der Waals surface area contributed by atoms with E-state index in [-0.39, 0.29) is 0 Å². The van der Waals surface area contributed by atoms with Gasteiger partial charge in [0, 0.05) is 54.5 Å². The van der Waals surface area contributed by atoms with E-state index >= 15 is 0 Å². The molecule has 2 aromatic heterocycles. The van der Waals surface area contributed by atoms with Crippen molar-refractivity contribution in [3.63, 3.8) is 0 Å². The van der Waals surface area contributed by atoms with Crippen LogP contribution in [0.4, 0.5) is 0 Å². The number of fused-ring (bicyclic) bond motifs is 13. The molecule has 0 spiro atoms. The fourth-order valence-corrected chi connectivity index (χ4v) is 13.1. The smallest absolute Gasteiger partial charge is 0.0616 e. The number of hydrogen-bond donors (Lipinski definition) is 0. The Balaban J connectivity index is 1.02. The Morgan fingerprint density at radius 2 is 0.500 bits per heavy atom. The Morgan fingerprint density at radius 3 is 0.861 bits per heavy atom. The van der Waals surface area contributed by atoms with E-state index in [4.69, 9.17) is 0 Å². The molecule has 338 valence electrons.